The second kappa shape index (κ2) is 7.55. The minimum Gasteiger partial charge on any atom is -0.310 e. The highest BCUT2D eigenvalue weighted by Gasteiger charge is 2.21. The highest BCUT2D eigenvalue weighted by Crippen LogP contribution is 2.33. The quantitative estimate of drug-likeness (QED) is 0.724. The van der Waals surface area contributed by atoms with E-state index in [-0.39, 0.29) is 0 Å². The van der Waals surface area contributed by atoms with Crippen molar-refractivity contribution in [3.05, 3.63) is 32.7 Å². The van der Waals surface area contributed by atoms with Gasteiger partial charge in [0, 0.05) is 15.0 Å². The lowest BCUT2D eigenvalue weighted by Gasteiger charge is -2.27. The fourth-order valence-electron chi connectivity index (χ4n) is 2.26. The first-order valence-corrected chi connectivity index (χ1v) is 7.90. The van der Waals surface area contributed by atoms with Gasteiger partial charge in [-0.15, -0.1) is 0 Å². The van der Waals surface area contributed by atoms with E-state index < -0.39 is 0 Å². The van der Waals surface area contributed by atoms with E-state index in [4.69, 9.17) is 0 Å². The molecular weight excluding hydrogens is 342 g/mol. The molecule has 0 aliphatic heterocycles. The van der Waals surface area contributed by atoms with E-state index in [1.165, 1.54) is 22.9 Å². The van der Waals surface area contributed by atoms with Crippen molar-refractivity contribution in [3.63, 3.8) is 0 Å². The van der Waals surface area contributed by atoms with Gasteiger partial charge in [0.15, 0.2) is 0 Å². The topological polar surface area (TPSA) is 12.0 Å². The lowest BCUT2D eigenvalue weighted by Crippen LogP contribution is -2.28. The van der Waals surface area contributed by atoms with Crippen LogP contribution in [-0.4, -0.2) is 6.54 Å². The van der Waals surface area contributed by atoms with Crippen LogP contribution in [0.25, 0.3) is 0 Å². The largest absolute Gasteiger partial charge is 0.310 e. The van der Waals surface area contributed by atoms with E-state index in [1.54, 1.807) is 0 Å². The molecule has 1 rings (SSSR count). The first-order chi connectivity index (χ1) is 8.13. The maximum absolute atomic E-state index is 3.67. The van der Waals surface area contributed by atoms with Gasteiger partial charge in [0.1, 0.15) is 0 Å². The zero-order chi connectivity index (χ0) is 12.8. The summed E-state index contributed by atoms with van der Waals surface area (Å²) in [5.41, 5.74) is 1.36. The van der Waals surface area contributed by atoms with Crippen LogP contribution >= 0.6 is 31.9 Å². The number of halogens is 2. The van der Waals surface area contributed by atoms with Crippen molar-refractivity contribution in [1.29, 1.82) is 0 Å². The SMILES string of the molecule is CCNC(c1cc(Br)ccc1Br)C(CC)CC. The highest BCUT2D eigenvalue weighted by atomic mass is 79.9. The summed E-state index contributed by atoms with van der Waals surface area (Å²) in [6.07, 6.45) is 2.40. The Hall–Kier alpha value is 0.140. The first kappa shape index (κ1) is 15.2. The predicted octanol–water partition coefficient (Wildman–Crippen LogP) is 5.30. The zero-order valence-electron chi connectivity index (χ0n) is 10.8. The van der Waals surface area contributed by atoms with Gasteiger partial charge in [0.2, 0.25) is 0 Å². The summed E-state index contributed by atoms with van der Waals surface area (Å²) >= 11 is 7.23. The molecule has 0 heterocycles. The molecule has 0 saturated heterocycles. The Balaban J connectivity index is 3.07. The third kappa shape index (κ3) is 4.08. The fourth-order valence-corrected chi connectivity index (χ4v) is 3.14. The van der Waals surface area contributed by atoms with Gasteiger partial charge >= 0.3 is 0 Å². The van der Waals surface area contributed by atoms with Crippen molar-refractivity contribution in [2.24, 2.45) is 5.92 Å². The van der Waals surface area contributed by atoms with Crippen LogP contribution in [0.2, 0.25) is 0 Å². The van der Waals surface area contributed by atoms with Crippen LogP contribution in [0.4, 0.5) is 0 Å². The van der Waals surface area contributed by atoms with E-state index in [0.717, 1.165) is 11.0 Å². The number of nitrogens with one attached hydrogen (secondary N) is 1. The van der Waals surface area contributed by atoms with Crippen LogP contribution < -0.4 is 5.32 Å². The summed E-state index contributed by atoms with van der Waals surface area (Å²) in [6, 6.07) is 6.84. The molecule has 1 aromatic rings. The lowest BCUT2D eigenvalue weighted by atomic mass is 9.89. The Labute approximate surface area is 122 Å². The Kier molecular flexibility index (Phi) is 6.75. The van der Waals surface area contributed by atoms with Crippen molar-refractivity contribution < 1.29 is 0 Å². The van der Waals surface area contributed by atoms with Gasteiger partial charge < -0.3 is 5.32 Å². The van der Waals surface area contributed by atoms with Gasteiger partial charge in [-0.2, -0.15) is 0 Å². The summed E-state index contributed by atoms with van der Waals surface area (Å²) in [5, 5.41) is 3.62. The molecule has 0 aromatic heterocycles. The molecular formula is C14H21Br2N. The van der Waals surface area contributed by atoms with Crippen molar-refractivity contribution in [2.75, 3.05) is 6.54 Å². The summed E-state index contributed by atoms with van der Waals surface area (Å²) in [6.45, 7) is 7.70. The molecule has 1 N–H and O–H groups in total. The Morgan fingerprint density at radius 3 is 2.29 bits per heavy atom. The molecule has 1 atom stereocenters. The predicted molar refractivity (Wildman–Crippen MR) is 82.3 cm³/mol. The van der Waals surface area contributed by atoms with Gasteiger partial charge in [0.05, 0.1) is 0 Å². The number of hydrogen-bond donors (Lipinski definition) is 1. The van der Waals surface area contributed by atoms with Crippen molar-refractivity contribution >= 4 is 31.9 Å². The smallest absolute Gasteiger partial charge is 0.0359 e. The average Bonchev–Trinajstić information content (AvgIpc) is 2.33. The fraction of sp³-hybridized carbons (Fsp3) is 0.571. The first-order valence-electron chi connectivity index (χ1n) is 6.32. The van der Waals surface area contributed by atoms with Gasteiger partial charge in [0.25, 0.3) is 0 Å². The Morgan fingerprint density at radius 2 is 1.76 bits per heavy atom. The van der Waals surface area contributed by atoms with E-state index in [2.05, 4.69) is 76.1 Å². The molecule has 17 heavy (non-hydrogen) atoms. The third-order valence-electron chi connectivity index (χ3n) is 3.24. The summed E-state index contributed by atoms with van der Waals surface area (Å²) in [4.78, 5) is 0. The number of benzene rings is 1. The molecule has 0 bridgehead atoms. The minimum atomic E-state index is 0.432. The van der Waals surface area contributed by atoms with Crippen LogP contribution in [0.5, 0.6) is 0 Å². The molecule has 0 fully saturated rings. The number of hydrogen-bond acceptors (Lipinski definition) is 1. The van der Waals surface area contributed by atoms with E-state index in [0.29, 0.717) is 12.0 Å². The summed E-state index contributed by atoms with van der Waals surface area (Å²) in [7, 11) is 0. The normalized spacial score (nSPS) is 13.1. The van der Waals surface area contributed by atoms with E-state index in [9.17, 15) is 0 Å². The van der Waals surface area contributed by atoms with E-state index >= 15 is 0 Å². The monoisotopic (exact) mass is 361 g/mol. The second-order valence-electron chi connectivity index (χ2n) is 4.28. The van der Waals surface area contributed by atoms with Crippen molar-refractivity contribution in [3.8, 4) is 0 Å². The summed E-state index contributed by atoms with van der Waals surface area (Å²) < 4.78 is 2.34. The average molecular weight is 363 g/mol. The van der Waals surface area contributed by atoms with Crippen LogP contribution in [0.15, 0.2) is 27.1 Å². The molecule has 0 amide bonds. The molecule has 3 heteroatoms. The molecule has 1 unspecified atom stereocenters. The molecule has 1 aromatic carbocycles. The minimum absolute atomic E-state index is 0.432. The van der Waals surface area contributed by atoms with Crippen molar-refractivity contribution in [1.82, 2.24) is 5.32 Å². The zero-order valence-corrected chi connectivity index (χ0v) is 13.9. The van der Waals surface area contributed by atoms with Gasteiger partial charge in [-0.3, -0.25) is 0 Å². The second-order valence-corrected chi connectivity index (χ2v) is 6.05. The lowest BCUT2D eigenvalue weighted by molar-refractivity contribution is 0.345. The van der Waals surface area contributed by atoms with Gasteiger partial charge in [-0.05, 0) is 36.2 Å². The molecule has 0 aliphatic carbocycles. The van der Waals surface area contributed by atoms with E-state index in [1.807, 2.05) is 0 Å². The molecule has 96 valence electrons. The maximum atomic E-state index is 3.67. The molecule has 0 aliphatic rings. The molecule has 0 radical (unpaired) electrons. The molecule has 0 saturated carbocycles. The van der Waals surface area contributed by atoms with Gasteiger partial charge in [-0.25, -0.2) is 0 Å². The van der Waals surface area contributed by atoms with Crippen LogP contribution in [0.3, 0.4) is 0 Å². The van der Waals surface area contributed by atoms with Crippen molar-refractivity contribution in [2.45, 2.75) is 39.7 Å². The summed E-state index contributed by atoms with van der Waals surface area (Å²) in [5.74, 6) is 0.681. The third-order valence-corrected chi connectivity index (χ3v) is 4.45. The van der Waals surface area contributed by atoms with Crippen LogP contribution in [-0.2, 0) is 0 Å². The highest BCUT2D eigenvalue weighted by molar-refractivity contribution is 9.11. The standard InChI is InChI=1S/C14H21Br2N/c1-4-10(5-2)14(17-6-3)12-9-11(15)7-8-13(12)16/h7-10,14,17H,4-6H2,1-3H3. The maximum Gasteiger partial charge on any atom is 0.0359 e. The van der Waals surface area contributed by atoms with Crippen LogP contribution in [0.1, 0.15) is 45.2 Å². The van der Waals surface area contributed by atoms with Crippen LogP contribution in [0, 0.1) is 5.92 Å². The number of rotatable bonds is 6. The molecule has 1 nitrogen and oxygen atoms in total. The Morgan fingerprint density at radius 1 is 1.12 bits per heavy atom. The molecule has 0 spiro atoms. The Bertz CT molecular complexity index is 348. The van der Waals surface area contributed by atoms with Gasteiger partial charge in [-0.1, -0.05) is 65.5 Å².